The quantitative estimate of drug-likeness (QED) is 0.877. The molecule has 2 aliphatic heterocycles. The number of carboxylic acids is 2. The number of imidazole rings is 1. The lowest BCUT2D eigenvalue weighted by Crippen LogP contribution is -2.28. The first-order valence-corrected chi connectivity index (χ1v) is 7.86. The summed E-state index contributed by atoms with van der Waals surface area (Å²) in [4.78, 5) is 26.8. The van der Waals surface area contributed by atoms with Gasteiger partial charge in [0, 0.05) is 18.2 Å². The summed E-state index contributed by atoms with van der Waals surface area (Å²) in [6, 6.07) is 0. The number of aliphatic carboxylic acids is 1. The number of nitrogens with zero attached hydrogens (tertiary/aromatic N) is 2. The van der Waals surface area contributed by atoms with Crippen molar-refractivity contribution < 1.29 is 19.8 Å². The lowest BCUT2D eigenvalue weighted by molar-refractivity contribution is -0.142. The molecule has 3 heterocycles. The molecule has 7 heteroatoms. The number of rotatable bonds is 3. The van der Waals surface area contributed by atoms with E-state index >= 15 is 0 Å². The molecule has 0 radical (unpaired) electrons. The van der Waals surface area contributed by atoms with Gasteiger partial charge in [-0.3, -0.25) is 4.79 Å². The molecule has 20 heavy (non-hydrogen) atoms. The van der Waals surface area contributed by atoms with E-state index in [1.54, 1.807) is 0 Å². The highest BCUT2D eigenvalue weighted by atomic mass is 32.2. The minimum absolute atomic E-state index is 0.112. The second-order valence-corrected chi connectivity index (χ2v) is 6.47. The van der Waals surface area contributed by atoms with Gasteiger partial charge in [0.25, 0.3) is 0 Å². The number of fused-ring (bicyclic) bond motifs is 1. The molecule has 0 spiro atoms. The van der Waals surface area contributed by atoms with Crippen molar-refractivity contribution in [2.45, 2.75) is 31.7 Å². The summed E-state index contributed by atoms with van der Waals surface area (Å²) in [6.45, 7) is 0.349. The summed E-state index contributed by atoms with van der Waals surface area (Å²) >= 11 is 1.84. The molecule has 108 valence electrons. The van der Waals surface area contributed by atoms with Crippen LogP contribution in [0.3, 0.4) is 0 Å². The Hall–Kier alpha value is -1.50. The minimum Gasteiger partial charge on any atom is -0.481 e. The third-order valence-corrected chi connectivity index (χ3v) is 5.24. The Morgan fingerprint density at radius 1 is 1.30 bits per heavy atom. The molecule has 3 rings (SSSR count). The molecule has 2 atom stereocenters. The molecular weight excluding hydrogens is 280 g/mol. The SMILES string of the molecule is O=C(O)c1nc(C2CCSC2)n2c1CCC(C(=O)O)C2. The third-order valence-electron chi connectivity index (χ3n) is 4.08. The summed E-state index contributed by atoms with van der Waals surface area (Å²) in [5.41, 5.74) is 0.808. The summed E-state index contributed by atoms with van der Waals surface area (Å²) in [7, 11) is 0. The van der Waals surface area contributed by atoms with Gasteiger partial charge in [-0.05, 0) is 25.0 Å². The van der Waals surface area contributed by atoms with Crippen LogP contribution in [0.1, 0.15) is 40.8 Å². The molecule has 0 aromatic carbocycles. The van der Waals surface area contributed by atoms with Crippen LogP contribution < -0.4 is 0 Å². The van der Waals surface area contributed by atoms with Gasteiger partial charge in [-0.1, -0.05) is 0 Å². The average Bonchev–Trinajstić information content (AvgIpc) is 3.04. The molecular formula is C13H16N2O4S. The van der Waals surface area contributed by atoms with Crippen LogP contribution >= 0.6 is 11.8 Å². The second-order valence-electron chi connectivity index (χ2n) is 5.32. The van der Waals surface area contributed by atoms with E-state index in [2.05, 4.69) is 4.98 Å². The van der Waals surface area contributed by atoms with Gasteiger partial charge in [0.05, 0.1) is 11.6 Å². The van der Waals surface area contributed by atoms with Crippen molar-refractivity contribution in [1.29, 1.82) is 0 Å². The number of aromatic nitrogens is 2. The summed E-state index contributed by atoms with van der Waals surface area (Å²) < 4.78 is 1.86. The Morgan fingerprint density at radius 3 is 2.70 bits per heavy atom. The standard InChI is InChI=1S/C13H16N2O4S/c16-12(17)7-1-2-9-10(13(18)19)14-11(15(9)5-7)8-3-4-20-6-8/h7-8H,1-6H2,(H,16,17)(H,18,19). The van der Waals surface area contributed by atoms with Crippen molar-refractivity contribution in [2.75, 3.05) is 11.5 Å². The smallest absolute Gasteiger partial charge is 0.356 e. The summed E-state index contributed by atoms with van der Waals surface area (Å²) in [5, 5.41) is 18.5. The highest BCUT2D eigenvalue weighted by molar-refractivity contribution is 7.99. The van der Waals surface area contributed by atoms with E-state index in [9.17, 15) is 19.8 Å². The maximum Gasteiger partial charge on any atom is 0.356 e. The van der Waals surface area contributed by atoms with Gasteiger partial charge in [0.2, 0.25) is 0 Å². The predicted octanol–water partition coefficient (Wildman–Crippen LogP) is 1.45. The highest BCUT2D eigenvalue weighted by Gasteiger charge is 2.34. The van der Waals surface area contributed by atoms with Crippen LogP contribution in [0.15, 0.2) is 0 Å². The molecule has 0 aliphatic carbocycles. The first kappa shape index (κ1) is 13.5. The summed E-state index contributed by atoms with van der Waals surface area (Å²) in [6.07, 6.45) is 1.95. The van der Waals surface area contributed by atoms with E-state index in [1.807, 2.05) is 16.3 Å². The fraction of sp³-hybridized carbons (Fsp3) is 0.615. The molecule has 1 fully saturated rings. The van der Waals surface area contributed by atoms with Crippen molar-refractivity contribution in [2.24, 2.45) is 5.92 Å². The molecule has 2 N–H and O–H groups in total. The Kier molecular flexibility index (Phi) is 3.45. The normalized spacial score (nSPS) is 25.4. The number of carboxylic acid groups (broad SMARTS) is 2. The Bertz CT molecular complexity index is 563. The van der Waals surface area contributed by atoms with Crippen molar-refractivity contribution in [3.63, 3.8) is 0 Å². The number of hydrogen-bond acceptors (Lipinski definition) is 4. The Labute approximate surface area is 120 Å². The number of aromatic carboxylic acids is 1. The van der Waals surface area contributed by atoms with E-state index in [1.165, 1.54) is 0 Å². The molecule has 2 unspecified atom stereocenters. The maximum atomic E-state index is 11.3. The van der Waals surface area contributed by atoms with Crippen LogP contribution in [0, 0.1) is 5.92 Å². The van der Waals surface area contributed by atoms with Crippen LogP contribution in [-0.2, 0) is 17.8 Å². The van der Waals surface area contributed by atoms with Crippen molar-refractivity contribution >= 4 is 23.7 Å². The van der Waals surface area contributed by atoms with Gasteiger partial charge in [-0.2, -0.15) is 11.8 Å². The highest BCUT2D eigenvalue weighted by Crippen LogP contribution is 2.35. The van der Waals surface area contributed by atoms with Gasteiger partial charge in [0.15, 0.2) is 5.69 Å². The molecule has 0 amide bonds. The van der Waals surface area contributed by atoms with E-state index in [4.69, 9.17) is 0 Å². The van der Waals surface area contributed by atoms with E-state index in [0.29, 0.717) is 25.1 Å². The van der Waals surface area contributed by atoms with E-state index < -0.39 is 17.9 Å². The van der Waals surface area contributed by atoms with Gasteiger partial charge >= 0.3 is 11.9 Å². The Balaban J connectivity index is 2.02. The topological polar surface area (TPSA) is 92.4 Å². The predicted molar refractivity (Wildman–Crippen MR) is 73.3 cm³/mol. The zero-order valence-corrected chi connectivity index (χ0v) is 11.7. The van der Waals surface area contributed by atoms with E-state index in [-0.39, 0.29) is 11.6 Å². The molecule has 0 bridgehead atoms. The van der Waals surface area contributed by atoms with Crippen molar-refractivity contribution in [3.05, 3.63) is 17.2 Å². The van der Waals surface area contributed by atoms with Crippen LogP contribution in [0.5, 0.6) is 0 Å². The third kappa shape index (κ3) is 2.19. The molecule has 2 aliphatic rings. The van der Waals surface area contributed by atoms with Crippen LogP contribution in [0.4, 0.5) is 0 Å². The summed E-state index contributed by atoms with van der Waals surface area (Å²) in [5.74, 6) is 0.747. The van der Waals surface area contributed by atoms with Gasteiger partial charge in [-0.15, -0.1) is 0 Å². The van der Waals surface area contributed by atoms with Gasteiger partial charge in [0.1, 0.15) is 5.82 Å². The second kappa shape index (κ2) is 5.12. The Morgan fingerprint density at radius 2 is 2.10 bits per heavy atom. The van der Waals surface area contributed by atoms with Gasteiger partial charge < -0.3 is 14.8 Å². The fourth-order valence-corrected chi connectivity index (χ4v) is 4.23. The number of thioether (sulfide) groups is 1. The molecule has 1 saturated heterocycles. The first-order valence-electron chi connectivity index (χ1n) is 6.71. The maximum absolute atomic E-state index is 11.3. The zero-order chi connectivity index (χ0) is 14.3. The monoisotopic (exact) mass is 296 g/mol. The molecule has 6 nitrogen and oxygen atoms in total. The minimum atomic E-state index is -1.01. The van der Waals surface area contributed by atoms with Crippen LogP contribution in [-0.4, -0.2) is 43.2 Å². The first-order chi connectivity index (χ1) is 9.58. The van der Waals surface area contributed by atoms with Crippen molar-refractivity contribution in [1.82, 2.24) is 9.55 Å². The van der Waals surface area contributed by atoms with E-state index in [0.717, 1.165) is 23.8 Å². The fourth-order valence-electron chi connectivity index (χ4n) is 3.01. The number of carbonyl (C=O) groups is 2. The van der Waals surface area contributed by atoms with Crippen LogP contribution in [0.25, 0.3) is 0 Å². The number of hydrogen-bond donors (Lipinski definition) is 2. The lowest BCUT2D eigenvalue weighted by atomic mass is 9.96. The van der Waals surface area contributed by atoms with Crippen molar-refractivity contribution in [3.8, 4) is 0 Å². The average molecular weight is 296 g/mol. The lowest BCUT2D eigenvalue weighted by Gasteiger charge is -2.24. The zero-order valence-electron chi connectivity index (χ0n) is 10.9. The molecule has 1 aromatic rings. The van der Waals surface area contributed by atoms with Gasteiger partial charge in [-0.25, -0.2) is 9.78 Å². The molecule has 1 aromatic heterocycles. The van der Waals surface area contributed by atoms with Crippen LogP contribution in [0.2, 0.25) is 0 Å². The molecule has 0 saturated carbocycles. The largest absolute Gasteiger partial charge is 0.481 e.